The van der Waals surface area contributed by atoms with Gasteiger partial charge >= 0.3 is 0 Å². The SMILES string of the molecule is Cc1ccc2nc(SCC(=O)N3c4ccccc4Sc4ccccc43)[nH]c2c1. The van der Waals surface area contributed by atoms with Crippen molar-refractivity contribution in [1.82, 2.24) is 9.97 Å². The maximum atomic E-state index is 13.2. The van der Waals surface area contributed by atoms with Crippen LogP contribution in [0, 0.1) is 6.92 Å². The van der Waals surface area contributed by atoms with Crippen LogP contribution in [0.15, 0.2) is 81.7 Å². The third kappa shape index (κ3) is 3.08. The molecule has 3 aromatic carbocycles. The second-order valence-corrected chi connectivity index (χ2v) is 8.67. The molecular weight excluding hydrogens is 386 g/mol. The quantitative estimate of drug-likeness (QED) is 0.440. The van der Waals surface area contributed by atoms with E-state index >= 15 is 0 Å². The zero-order valence-corrected chi connectivity index (χ0v) is 16.8. The van der Waals surface area contributed by atoms with Gasteiger partial charge in [-0.25, -0.2) is 4.98 Å². The fraction of sp³-hybridized carbons (Fsp3) is 0.0909. The third-order valence-corrected chi connectivity index (χ3v) is 6.62. The lowest BCUT2D eigenvalue weighted by molar-refractivity contribution is -0.115. The number of H-pyrrole nitrogens is 1. The number of aromatic amines is 1. The first-order valence-electron chi connectivity index (χ1n) is 8.97. The van der Waals surface area contributed by atoms with Gasteiger partial charge in [-0.2, -0.15) is 0 Å². The zero-order chi connectivity index (χ0) is 19.1. The summed E-state index contributed by atoms with van der Waals surface area (Å²) in [5.41, 5.74) is 4.99. The van der Waals surface area contributed by atoms with Crippen LogP contribution in [0.3, 0.4) is 0 Å². The van der Waals surface area contributed by atoms with Gasteiger partial charge in [-0.05, 0) is 48.9 Å². The average Bonchev–Trinajstić information content (AvgIpc) is 3.12. The Labute approximate surface area is 171 Å². The van der Waals surface area contributed by atoms with Crippen LogP contribution in [0.4, 0.5) is 11.4 Å². The summed E-state index contributed by atoms with van der Waals surface area (Å²) >= 11 is 3.14. The number of hydrogen-bond acceptors (Lipinski definition) is 4. The summed E-state index contributed by atoms with van der Waals surface area (Å²) in [4.78, 5) is 25.1. The molecular formula is C22H17N3OS2. The molecule has 1 aliphatic rings. The number of benzene rings is 3. The lowest BCUT2D eigenvalue weighted by Crippen LogP contribution is -2.30. The number of amides is 1. The lowest BCUT2D eigenvalue weighted by Gasteiger charge is -2.30. The van der Waals surface area contributed by atoms with Crippen molar-refractivity contribution in [2.24, 2.45) is 0 Å². The van der Waals surface area contributed by atoms with E-state index in [1.807, 2.05) is 53.4 Å². The molecule has 4 nitrogen and oxygen atoms in total. The number of nitrogens with zero attached hydrogens (tertiary/aromatic N) is 2. The Morgan fingerprint density at radius 1 is 1.04 bits per heavy atom. The summed E-state index contributed by atoms with van der Waals surface area (Å²) in [6, 6.07) is 22.2. The van der Waals surface area contributed by atoms with Crippen molar-refractivity contribution < 1.29 is 4.79 Å². The molecule has 0 aliphatic carbocycles. The highest BCUT2D eigenvalue weighted by molar-refractivity contribution is 8.00. The molecule has 0 atom stereocenters. The van der Waals surface area contributed by atoms with E-state index in [4.69, 9.17) is 0 Å². The minimum absolute atomic E-state index is 0.0434. The predicted octanol–water partition coefficient (Wildman–Crippen LogP) is 5.79. The first kappa shape index (κ1) is 17.4. The molecule has 0 radical (unpaired) electrons. The van der Waals surface area contributed by atoms with Crippen molar-refractivity contribution in [2.75, 3.05) is 10.7 Å². The van der Waals surface area contributed by atoms with E-state index in [1.54, 1.807) is 11.8 Å². The van der Waals surface area contributed by atoms with Crippen molar-refractivity contribution in [3.8, 4) is 0 Å². The Balaban J connectivity index is 1.43. The number of rotatable bonds is 3. The van der Waals surface area contributed by atoms with E-state index in [0.717, 1.165) is 37.4 Å². The molecule has 6 heteroatoms. The van der Waals surface area contributed by atoms with Crippen LogP contribution in [0.25, 0.3) is 11.0 Å². The number of imidazole rings is 1. The van der Waals surface area contributed by atoms with Gasteiger partial charge in [0.05, 0.1) is 28.2 Å². The first-order valence-corrected chi connectivity index (χ1v) is 10.8. The molecule has 0 bridgehead atoms. The monoisotopic (exact) mass is 403 g/mol. The lowest BCUT2D eigenvalue weighted by atomic mass is 10.2. The van der Waals surface area contributed by atoms with Gasteiger partial charge in [-0.3, -0.25) is 9.69 Å². The van der Waals surface area contributed by atoms with Gasteiger partial charge in [0.1, 0.15) is 0 Å². The largest absolute Gasteiger partial charge is 0.333 e. The van der Waals surface area contributed by atoms with E-state index in [2.05, 4.69) is 35.1 Å². The molecule has 1 aliphatic heterocycles. The van der Waals surface area contributed by atoms with Gasteiger partial charge in [0.2, 0.25) is 5.91 Å². The first-order chi connectivity index (χ1) is 13.7. The molecule has 2 heterocycles. The topological polar surface area (TPSA) is 49.0 Å². The number of carbonyl (C=O) groups excluding carboxylic acids is 1. The molecule has 138 valence electrons. The standard InChI is InChI=1S/C22H17N3OS2/c1-14-10-11-15-16(12-14)24-22(23-15)27-13-21(26)25-17-6-2-4-8-19(17)28-20-9-5-3-7-18(20)25/h2-12H,13H2,1H3,(H,23,24). The van der Waals surface area contributed by atoms with Gasteiger partial charge in [-0.15, -0.1) is 0 Å². The van der Waals surface area contributed by atoms with E-state index in [1.165, 1.54) is 17.3 Å². The molecule has 1 N–H and O–H groups in total. The van der Waals surface area contributed by atoms with E-state index < -0.39 is 0 Å². The van der Waals surface area contributed by atoms with Crippen molar-refractivity contribution in [1.29, 1.82) is 0 Å². The highest BCUT2D eigenvalue weighted by Gasteiger charge is 2.27. The Bertz CT molecular complexity index is 1160. The molecule has 0 fully saturated rings. The molecule has 1 amide bonds. The summed E-state index contributed by atoms with van der Waals surface area (Å²) in [5, 5.41) is 0.766. The number of thioether (sulfide) groups is 1. The summed E-state index contributed by atoms with van der Waals surface area (Å²) in [6.45, 7) is 2.06. The summed E-state index contributed by atoms with van der Waals surface area (Å²) in [5.74, 6) is 0.355. The van der Waals surface area contributed by atoms with Crippen LogP contribution in [-0.2, 0) is 4.79 Å². The number of carbonyl (C=O) groups is 1. The Morgan fingerprint density at radius 3 is 2.43 bits per heavy atom. The van der Waals surface area contributed by atoms with E-state index in [0.29, 0.717) is 5.75 Å². The highest BCUT2D eigenvalue weighted by atomic mass is 32.2. The van der Waals surface area contributed by atoms with E-state index in [9.17, 15) is 4.79 Å². The highest BCUT2D eigenvalue weighted by Crippen LogP contribution is 2.48. The molecule has 0 saturated heterocycles. The van der Waals surface area contributed by atoms with Gasteiger partial charge in [-0.1, -0.05) is 53.9 Å². The van der Waals surface area contributed by atoms with Crippen LogP contribution in [0.2, 0.25) is 0 Å². The van der Waals surface area contributed by atoms with Crippen LogP contribution >= 0.6 is 23.5 Å². The molecule has 5 rings (SSSR count). The van der Waals surface area contributed by atoms with Crippen molar-refractivity contribution in [3.05, 3.63) is 72.3 Å². The predicted molar refractivity (Wildman–Crippen MR) is 116 cm³/mol. The number of hydrogen-bond donors (Lipinski definition) is 1. The van der Waals surface area contributed by atoms with Crippen LogP contribution in [0.5, 0.6) is 0 Å². The van der Waals surface area contributed by atoms with Crippen LogP contribution < -0.4 is 4.90 Å². The van der Waals surface area contributed by atoms with Gasteiger partial charge in [0, 0.05) is 9.79 Å². The average molecular weight is 404 g/mol. The smallest absolute Gasteiger partial charge is 0.242 e. The van der Waals surface area contributed by atoms with Crippen LogP contribution in [-0.4, -0.2) is 21.6 Å². The summed E-state index contributed by atoms with van der Waals surface area (Å²) < 4.78 is 0. The maximum absolute atomic E-state index is 13.2. The molecule has 0 spiro atoms. The molecule has 4 aromatic rings. The molecule has 0 unspecified atom stereocenters. The van der Waals surface area contributed by atoms with Gasteiger partial charge in [0.15, 0.2) is 5.16 Å². The molecule has 1 aromatic heterocycles. The molecule has 0 saturated carbocycles. The Hall–Kier alpha value is -2.70. The maximum Gasteiger partial charge on any atom is 0.242 e. The number of aryl methyl sites for hydroxylation is 1. The van der Waals surface area contributed by atoms with E-state index in [-0.39, 0.29) is 5.91 Å². The second-order valence-electron chi connectivity index (χ2n) is 6.62. The fourth-order valence-corrected chi connectivity index (χ4v) is 5.13. The van der Waals surface area contributed by atoms with Gasteiger partial charge < -0.3 is 4.98 Å². The normalized spacial score (nSPS) is 12.7. The minimum Gasteiger partial charge on any atom is -0.333 e. The number of aromatic nitrogens is 2. The van der Waals surface area contributed by atoms with Crippen molar-refractivity contribution in [2.45, 2.75) is 21.9 Å². The summed E-state index contributed by atoms with van der Waals surface area (Å²) in [7, 11) is 0. The van der Waals surface area contributed by atoms with Crippen molar-refractivity contribution >= 4 is 51.8 Å². The number of nitrogens with one attached hydrogen (secondary N) is 1. The number of fused-ring (bicyclic) bond motifs is 3. The molecule has 28 heavy (non-hydrogen) atoms. The Kier molecular flexibility index (Phi) is 4.37. The van der Waals surface area contributed by atoms with Crippen molar-refractivity contribution in [3.63, 3.8) is 0 Å². The minimum atomic E-state index is 0.0434. The Morgan fingerprint density at radius 2 is 1.71 bits per heavy atom. The third-order valence-electron chi connectivity index (χ3n) is 4.63. The summed E-state index contributed by atoms with van der Waals surface area (Å²) in [6.07, 6.45) is 0. The second kappa shape index (κ2) is 7.04. The number of para-hydroxylation sites is 2. The fourth-order valence-electron chi connectivity index (χ4n) is 3.34. The zero-order valence-electron chi connectivity index (χ0n) is 15.2. The van der Waals surface area contributed by atoms with Gasteiger partial charge in [0.25, 0.3) is 0 Å². The van der Waals surface area contributed by atoms with Crippen LogP contribution in [0.1, 0.15) is 5.56 Å². The number of anilines is 2.